The number of Topliss-reactive ketones (excluding diaryl/α,β-unsaturated/α-hetero) is 1. The minimum absolute atomic E-state index is 0.230. The molecular formula is C10H18O4. The van der Waals surface area contributed by atoms with Crippen molar-refractivity contribution in [2.24, 2.45) is 0 Å². The molecule has 0 aromatic heterocycles. The predicted octanol–water partition coefficient (Wildman–Crippen LogP) is 2.32. The minimum Gasteiger partial charge on any atom is -0.301 e. The first kappa shape index (κ1) is 13.1. The molecule has 0 spiro atoms. The van der Waals surface area contributed by atoms with Gasteiger partial charge in [-0.15, -0.1) is 0 Å². The lowest BCUT2D eigenvalue weighted by Gasteiger charge is -1.99. The number of rotatable bonds is 8. The quantitative estimate of drug-likeness (QED) is 0.372. The van der Waals surface area contributed by atoms with Crippen LogP contribution in [-0.4, -0.2) is 17.0 Å². The van der Waals surface area contributed by atoms with Crippen LogP contribution in [0, 0.1) is 0 Å². The Bertz CT molecular complexity index is 177. The zero-order valence-corrected chi connectivity index (χ0v) is 8.62. The highest BCUT2D eigenvalue weighted by Gasteiger charge is 2.00. The molecule has 0 radical (unpaired) electrons. The SMILES string of the molecule is CC(=O)CCCCCCCC(=O)OO. The third kappa shape index (κ3) is 9.19. The van der Waals surface area contributed by atoms with Crippen LogP contribution >= 0.6 is 0 Å². The molecule has 0 aliphatic carbocycles. The van der Waals surface area contributed by atoms with Gasteiger partial charge in [0.25, 0.3) is 0 Å². The third-order valence-corrected chi connectivity index (χ3v) is 2.01. The summed E-state index contributed by atoms with van der Waals surface area (Å²) in [5, 5.41) is 7.95. The van der Waals surface area contributed by atoms with E-state index in [0.717, 1.165) is 32.1 Å². The van der Waals surface area contributed by atoms with Gasteiger partial charge in [0.1, 0.15) is 5.78 Å². The fourth-order valence-electron chi connectivity index (χ4n) is 1.22. The molecule has 0 saturated heterocycles. The maximum Gasteiger partial charge on any atom is 0.342 e. The number of unbranched alkanes of at least 4 members (excludes halogenated alkanes) is 4. The van der Waals surface area contributed by atoms with Crippen molar-refractivity contribution in [1.82, 2.24) is 0 Å². The zero-order chi connectivity index (χ0) is 10.8. The van der Waals surface area contributed by atoms with Gasteiger partial charge in [0, 0.05) is 12.8 Å². The van der Waals surface area contributed by atoms with E-state index < -0.39 is 5.97 Å². The lowest BCUT2D eigenvalue weighted by atomic mass is 10.1. The van der Waals surface area contributed by atoms with Crippen LogP contribution in [0.5, 0.6) is 0 Å². The van der Waals surface area contributed by atoms with Crippen LogP contribution in [0.4, 0.5) is 0 Å². The van der Waals surface area contributed by atoms with Crippen molar-refractivity contribution >= 4 is 11.8 Å². The standard InChI is InChI=1S/C10H18O4/c1-9(11)7-5-3-2-4-6-8-10(12)14-13/h13H,2-8H2,1H3. The molecule has 0 unspecified atom stereocenters. The van der Waals surface area contributed by atoms with Crippen molar-refractivity contribution in [2.75, 3.05) is 0 Å². The highest BCUT2D eigenvalue weighted by atomic mass is 17.1. The molecule has 4 heteroatoms. The second-order valence-electron chi connectivity index (χ2n) is 3.43. The molecule has 0 atom stereocenters. The van der Waals surface area contributed by atoms with Gasteiger partial charge >= 0.3 is 5.97 Å². The van der Waals surface area contributed by atoms with E-state index in [1.54, 1.807) is 6.92 Å². The van der Waals surface area contributed by atoms with Crippen molar-refractivity contribution in [3.63, 3.8) is 0 Å². The average molecular weight is 202 g/mol. The molecule has 1 N–H and O–H groups in total. The fourth-order valence-corrected chi connectivity index (χ4v) is 1.22. The Morgan fingerprint density at radius 2 is 1.50 bits per heavy atom. The van der Waals surface area contributed by atoms with E-state index in [0.29, 0.717) is 6.42 Å². The second kappa shape index (κ2) is 8.69. The molecule has 0 saturated carbocycles. The van der Waals surface area contributed by atoms with Crippen LogP contribution in [0.3, 0.4) is 0 Å². The highest BCUT2D eigenvalue weighted by molar-refractivity contribution is 5.75. The molecule has 0 aliphatic rings. The summed E-state index contributed by atoms with van der Waals surface area (Å²) in [5.74, 6) is -0.345. The van der Waals surface area contributed by atoms with Gasteiger partial charge in [-0.2, -0.15) is 5.26 Å². The van der Waals surface area contributed by atoms with E-state index in [-0.39, 0.29) is 12.2 Å². The molecule has 0 bridgehead atoms. The molecule has 0 aromatic rings. The summed E-state index contributed by atoms with van der Waals surface area (Å²) in [5.41, 5.74) is 0. The van der Waals surface area contributed by atoms with E-state index in [1.807, 2.05) is 0 Å². The van der Waals surface area contributed by atoms with Crippen LogP contribution in [0.25, 0.3) is 0 Å². The van der Waals surface area contributed by atoms with Gasteiger partial charge in [-0.25, -0.2) is 4.79 Å². The van der Waals surface area contributed by atoms with E-state index in [1.165, 1.54) is 0 Å². The van der Waals surface area contributed by atoms with Crippen LogP contribution in [0.1, 0.15) is 51.9 Å². The molecule has 0 aromatic carbocycles. The van der Waals surface area contributed by atoms with Crippen molar-refractivity contribution in [3.8, 4) is 0 Å². The summed E-state index contributed by atoms with van der Waals surface area (Å²) < 4.78 is 0. The molecule has 4 nitrogen and oxygen atoms in total. The predicted molar refractivity (Wildman–Crippen MR) is 51.7 cm³/mol. The third-order valence-electron chi connectivity index (χ3n) is 2.01. The maximum absolute atomic E-state index is 10.6. The first-order valence-corrected chi connectivity index (χ1v) is 5.00. The number of hydrogen-bond acceptors (Lipinski definition) is 4. The maximum atomic E-state index is 10.6. The van der Waals surface area contributed by atoms with Crippen molar-refractivity contribution in [1.29, 1.82) is 0 Å². The van der Waals surface area contributed by atoms with E-state index >= 15 is 0 Å². The lowest BCUT2D eigenvalue weighted by Crippen LogP contribution is -1.99. The first-order valence-electron chi connectivity index (χ1n) is 5.00. The van der Waals surface area contributed by atoms with E-state index in [2.05, 4.69) is 4.89 Å². The first-order chi connectivity index (χ1) is 6.66. The van der Waals surface area contributed by atoms with Crippen LogP contribution in [0.2, 0.25) is 0 Å². The zero-order valence-electron chi connectivity index (χ0n) is 8.62. The Morgan fingerprint density at radius 1 is 1.00 bits per heavy atom. The van der Waals surface area contributed by atoms with Crippen molar-refractivity contribution < 1.29 is 19.7 Å². The summed E-state index contributed by atoms with van der Waals surface area (Å²) in [6, 6.07) is 0. The molecule has 0 rings (SSSR count). The van der Waals surface area contributed by atoms with E-state index in [4.69, 9.17) is 5.26 Å². The lowest BCUT2D eigenvalue weighted by molar-refractivity contribution is -0.234. The minimum atomic E-state index is -0.575. The Labute approximate surface area is 84.2 Å². The summed E-state index contributed by atoms with van der Waals surface area (Å²) >= 11 is 0. The van der Waals surface area contributed by atoms with Gasteiger partial charge in [0.2, 0.25) is 0 Å². The number of ketones is 1. The van der Waals surface area contributed by atoms with Gasteiger partial charge < -0.3 is 9.68 Å². The summed E-state index contributed by atoms with van der Waals surface area (Å²) in [6.45, 7) is 1.59. The topological polar surface area (TPSA) is 63.6 Å². The molecule has 0 aliphatic heterocycles. The molecule has 82 valence electrons. The Kier molecular flexibility index (Phi) is 8.13. The van der Waals surface area contributed by atoms with Crippen molar-refractivity contribution in [2.45, 2.75) is 51.9 Å². The molecule has 14 heavy (non-hydrogen) atoms. The van der Waals surface area contributed by atoms with Crippen LogP contribution in [0.15, 0.2) is 0 Å². The van der Waals surface area contributed by atoms with Gasteiger partial charge in [0.05, 0.1) is 0 Å². The van der Waals surface area contributed by atoms with Gasteiger partial charge in [0.15, 0.2) is 0 Å². The van der Waals surface area contributed by atoms with Crippen LogP contribution in [-0.2, 0) is 14.5 Å². The van der Waals surface area contributed by atoms with Gasteiger partial charge in [-0.05, 0) is 19.8 Å². The monoisotopic (exact) mass is 202 g/mol. The van der Waals surface area contributed by atoms with Crippen LogP contribution < -0.4 is 0 Å². The summed E-state index contributed by atoms with van der Waals surface area (Å²) in [6.07, 6.45) is 5.56. The highest BCUT2D eigenvalue weighted by Crippen LogP contribution is 2.07. The van der Waals surface area contributed by atoms with Gasteiger partial charge in [-0.3, -0.25) is 0 Å². The van der Waals surface area contributed by atoms with Gasteiger partial charge in [-0.1, -0.05) is 19.3 Å². The Hall–Kier alpha value is -0.900. The second-order valence-corrected chi connectivity index (χ2v) is 3.43. The number of carbonyl (C=O) groups is 2. The molecule has 0 heterocycles. The molecule has 0 amide bonds. The fraction of sp³-hybridized carbons (Fsp3) is 0.800. The molecular weight excluding hydrogens is 184 g/mol. The summed E-state index contributed by atoms with van der Waals surface area (Å²) in [4.78, 5) is 24.6. The smallest absolute Gasteiger partial charge is 0.301 e. The number of carbonyl (C=O) groups excluding carboxylic acids is 2. The van der Waals surface area contributed by atoms with Crippen molar-refractivity contribution in [3.05, 3.63) is 0 Å². The normalized spacial score (nSPS) is 9.86. The average Bonchev–Trinajstić information content (AvgIpc) is 2.15. The summed E-state index contributed by atoms with van der Waals surface area (Å²) in [7, 11) is 0. The molecule has 0 fully saturated rings. The number of hydrogen-bond donors (Lipinski definition) is 1. The largest absolute Gasteiger partial charge is 0.342 e. The Balaban J connectivity index is 3.06. The van der Waals surface area contributed by atoms with E-state index in [9.17, 15) is 9.59 Å². The Morgan fingerprint density at radius 3 is 2.00 bits per heavy atom.